The zero-order valence-electron chi connectivity index (χ0n) is 10.2. The van der Waals surface area contributed by atoms with Crippen molar-refractivity contribution in [2.75, 3.05) is 23.3 Å². The lowest BCUT2D eigenvalue weighted by atomic mass is 10.3. The third-order valence-electron chi connectivity index (χ3n) is 3.02. The Kier molecular flexibility index (Phi) is 3.09. The fourth-order valence-corrected chi connectivity index (χ4v) is 2.11. The van der Waals surface area contributed by atoms with Gasteiger partial charge in [-0.05, 0) is 12.8 Å². The molecule has 1 aliphatic rings. The first-order valence-electron chi connectivity index (χ1n) is 6.11. The van der Waals surface area contributed by atoms with Crippen LogP contribution in [0.3, 0.4) is 0 Å². The molecule has 1 saturated heterocycles. The van der Waals surface area contributed by atoms with Crippen molar-refractivity contribution >= 4 is 17.4 Å². The van der Waals surface area contributed by atoms with E-state index in [0.29, 0.717) is 5.69 Å². The molecule has 0 unspecified atom stereocenters. The average Bonchev–Trinajstić information content (AvgIpc) is 3.13. The second-order valence-corrected chi connectivity index (χ2v) is 4.29. The molecule has 3 rings (SSSR count). The second kappa shape index (κ2) is 5.05. The number of hydrogen-bond donors (Lipinski definition) is 1. The van der Waals surface area contributed by atoms with Gasteiger partial charge in [0.15, 0.2) is 11.5 Å². The van der Waals surface area contributed by atoms with E-state index in [2.05, 4.69) is 29.9 Å². The van der Waals surface area contributed by atoms with Crippen LogP contribution in [0.4, 0.5) is 11.5 Å². The molecule has 0 aromatic carbocycles. The first-order chi connectivity index (χ1) is 9.34. The highest BCUT2D eigenvalue weighted by Crippen LogP contribution is 2.25. The molecule has 0 atom stereocenters. The van der Waals surface area contributed by atoms with Gasteiger partial charge in [0.1, 0.15) is 18.3 Å². The number of anilines is 2. The third kappa shape index (κ3) is 2.40. The number of amides is 1. The molecule has 7 heteroatoms. The summed E-state index contributed by atoms with van der Waals surface area (Å²) in [6, 6.07) is 1.51. The van der Waals surface area contributed by atoms with Crippen LogP contribution in [0, 0.1) is 0 Å². The van der Waals surface area contributed by atoms with Gasteiger partial charge in [0.2, 0.25) is 0 Å². The maximum atomic E-state index is 11.9. The van der Waals surface area contributed by atoms with E-state index < -0.39 is 0 Å². The molecule has 1 N–H and O–H groups in total. The standard InChI is InChI=1S/C12H13N5O2/c18-12(9-3-6-19-16-9)15-10-7-13-8-14-11(10)17-4-1-2-5-17/h3,6-8H,1-2,4-5H2,(H,15,18). The molecule has 0 spiro atoms. The number of nitrogens with one attached hydrogen (secondary N) is 1. The van der Waals surface area contributed by atoms with E-state index in [9.17, 15) is 4.79 Å². The van der Waals surface area contributed by atoms with E-state index in [1.54, 1.807) is 6.20 Å². The number of carbonyl (C=O) groups is 1. The Morgan fingerprint density at radius 3 is 2.95 bits per heavy atom. The summed E-state index contributed by atoms with van der Waals surface area (Å²) in [4.78, 5) is 22.3. The zero-order chi connectivity index (χ0) is 13.1. The van der Waals surface area contributed by atoms with Crippen molar-refractivity contribution in [3.63, 3.8) is 0 Å². The first kappa shape index (κ1) is 11.6. The molecule has 0 radical (unpaired) electrons. The molecule has 98 valence electrons. The molecule has 2 aromatic rings. The molecular weight excluding hydrogens is 246 g/mol. The van der Waals surface area contributed by atoms with Gasteiger partial charge in [0.25, 0.3) is 5.91 Å². The summed E-state index contributed by atoms with van der Waals surface area (Å²) in [5.41, 5.74) is 0.827. The number of rotatable bonds is 3. The van der Waals surface area contributed by atoms with Crippen LogP contribution in [-0.2, 0) is 0 Å². The lowest BCUT2D eigenvalue weighted by Gasteiger charge is -2.19. The Hall–Kier alpha value is -2.44. The normalized spacial score (nSPS) is 14.6. The van der Waals surface area contributed by atoms with Crippen molar-refractivity contribution in [3.05, 3.63) is 30.5 Å². The number of hydrogen-bond acceptors (Lipinski definition) is 6. The quantitative estimate of drug-likeness (QED) is 0.894. The van der Waals surface area contributed by atoms with Crippen molar-refractivity contribution in [2.24, 2.45) is 0 Å². The summed E-state index contributed by atoms with van der Waals surface area (Å²) >= 11 is 0. The Balaban J connectivity index is 1.82. The Morgan fingerprint density at radius 1 is 1.37 bits per heavy atom. The molecule has 0 saturated carbocycles. The van der Waals surface area contributed by atoms with E-state index >= 15 is 0 Å². The Bertz CT molecular complexity index is 563. The fourth-order valence-electron chi connectivity index (χ4n) is 2.11. The average molecular weight is 259 g/mol. The summed E-state index contributed by atoms with van der Waals surface area (Å²) < 4.78 is 4.65. The Morgan fingerprint density at radius 2 is 2.21 bits per heavy atom. The highest BCUT2D eigenvalue weighted by atomic mass is 16.5. The van der Waals surface area contributed by atoms with Crippen LogP contribution in [0.2, 0.25) is 0 Å². The topological polar surface area (TPSA) is 84.2 Å². The first-order valence-corrected chi connectivity index (χ1v) is 6.11. The van der Waals surface area contributed by atoms with Gasteiger partial charge in [-0.15, -0.1) is 0 Å². The molecule has 2 aromatic heterocycles. The fraction of sp³-hybridized carbons (Fsp3) is 0.333. The molecule has 1 aliphatic heterocycles. The van der Waals surface area contributed by atoms with E-state index in [4.69, 9.17) is 0 Å². The van der Waals surface area contributed by atoms with Crippen molar-refractivity contribution in [1.29, 1.82) is 0 Å². The van der Waals surface area contributed by atoms with Crippen molar-refractivity contribution in [3.8, 4) is 0 Å². The van der Waals surface area contributed by atoms with Gasteiger partial charge in [-0.1, -0.05) is 5.16 Å². The van der Waals surface area contributed by atoms with Gasteiger partial charge in [0.05, 0.1) is 6.20 Å². The van der Waals surface area contributed by atoms with Gasteiger partial charge >= 0.3 is 0 Å². The van der Waals surface area contributed by atoms with Crippen LogP contribution in [0.1, 0.15) is 23.3 Å². The van der Waals surface area contributed by atoms with Crippen LogP contribution in [0.5, 0.6) is 0 Å². The highest BCUT2D eigenvalue weighted by Gasteiger charge is 2.19. The maximum Gasteiger partial charge on any atom is 0.277 e. The van der Waals surface area contributed by atoms with Gasteiger partial charge in [-0.3, -0.25) is 4.79 Å². The van der Waals surface area contributed by atoms with E-state index in [-0.39, 0.29) is 11.6 Å². The second-order valence-electron chi connectivity index (χ2n) is 4.29. The number of nitrogens with zero attached hydrogens (tertiary/aromatic N) is 4. The summed E-state index contributed by atoms with van der Waals surface area (Å²) in [5.74, 6) is 0.424. The minimum Gasteiger partial charge on any atom is -0.364 e. The molecule has 19 heavy (non-hydrogen) atoms. The SMILES string of the molecule is O=C(Nc1cncnc1N1CCCC1)c1ccon1. The predicted octanol–water partition coefficient (Wildman–Crippen LogP) is 1.32. The third-order valence-corrected chi connectivity index (χ3v) is 3.02. The van der Waals surface area contributed by atoms with Gasteiger partial charge in [-0.2, -0.15) is 0 Å². The lowest BCUT2D eigenvalue weighted by Crippen LogP contribution is -2.22. The van der Waals surface area contributed by atoms with E-state index in [1.807, 2.05) is 0 Å². The maximum absolute atomic E-state index is 11.9. The number of aromatic nitrogens is 3. The van der Waals surface area contributed by atoms with Crippen LogP contribution in [0.25, 0.3) is 0 Å². The largest absolute Gasteiger partial charge is 0.364 e. The molecule has 0 bridgehead atoms. The summed E-state index contributed by atoms with van der Waals surface area (Å²) in [6.07, 6.45) is 6.72. The summed E-state index contributed by atoms with van der Waals surface area (Å²) in [5, 5.41) is 6.36. The molecule has 1 amide bonds. The van der Waals surface area contributed by atoms with Gasteiger partial charge < -0.3 is 14.7 Å². The predicted molar refractivity (Wildman–Crippen MR) is 67.9 cm³/mol. The van der Waals surface area contributed by atoms with Crippen molar-refractivity contribution < 1.29 is 9.32 Å². The van der Waals surface area contributed by atoms with Crippen LogP contribution < -0.4 is 10.2 Å². The van der Waals surface area contributed by atoms with Crippen molar-refractivity contribution in [1.82, 2.24) is 15.1 Å². The van der Waals surface area contributed by atoms with Gasteiger partial charge in [-0.25, -0.2) is 9.97 Å². The lowest BCUT2D eigenvalue weighted by molar-refractivity contribution is 0.101. The van der Waals surface area contributed by atoms with Crippen LogP contribution in [0.15, 0.2) is 29.4 Å². The number of carbonyl (C=O) groups excluding carboxylic acids is 1. The highest BCUT2D eigenvalue weighted by molar-refractivity contribution is 6.04. The molecule has 0 aliphatic carbocycles. The monoisotopic (exact) mass is 259 g/mol. The Labute approximate surface area is 109 Å². The van der Waals surface area contributed by atoms with E-state index in [1.165, 1.54) is 18.7 Å². The van der Waals surface area contributed by atoms with Crippen LogP contribution >= 0.6 is 0 Å². The van der Waals surface area contributed by atoms with Crippen molar-refractivity contribution in [2.45, 2.75) is 12.8 Å². The molecule has 1 fully saturated rings. The van der Waals surface area contributed by atoms with Crippen LogP contribution in [-0.4, -0.2) is 34.1 Å². The summed E-state index contributed by atoms with van der Waals surface area (Å²) in [6.45, 7) is 1.90. The zero-order valence-corrected chi connectivity index (χ0v) is 10.2. The molecule has 7 nitrogen and oxygen atoms in total. The van der Waals surface area contributed by atoms with Gasteiger partial charge in [0, 0.05) is 19.2 Å². The summed E-state index contributed by atoms with van der Waals surface area (Å²) in [7, 11) is 0. The van der Waals surface area contributed by atoms with E-state index in [0.717, 1.165) is 31.7 Å². The molecule has 3 heterocycles. The molecular formula is C12H13N5O2. The smallest absolute Gasteiger partial charge is 0.277 e. The minimum absolute atomic E-state index is 0.233. The minimum atomic E-state index is -0.330.